The smallest absolute Gasteiger partial charge is 0.182 e. The molecule has 74 valence electrons. The lowest BCUT2D eigenvalue weighted by Gasteiger charge is -2.10. The fraction of sp³-hybridized carbons (Fsp3) is 0.400. The number of nitriles is 1. The third kappa shape index (κ3) is 3.04. The molecule has 0 spiro atoms. The van der Waals surface area contributed by atoms with Gasteiger partial charge in [0, 0.05) is 12.7 Å². The van der Waals surface area contributed by atoms with E-state index >= 15 is 0 Å². The van der Waals surface area contributed by atoms with Gasteiger partial charge in [-0.25, -0.2) is 4.98 Å². The normalized spacial score (nSPS) is 9.86. The van der Waals surface area contributed by atoms with Crippen molar-refractivity contribution in [1.82, 2.24) is 9.88 Å². The third-order valence-corrected chi connectivity index (χ3v) is 1.67. The van der Waals surface area contributed by atoms with Crippen molar-refractivity contribution in [2.75, 3.05) is 27.2 Å². The average Bonchev–Trinajstić information content (AvgIpc) is 2.18. The molecule has 14 heavy (non-hydrogen) atoms. The molecule has 0 aromatic carbocycles. The van der Waals surface area contributed by atoms with E-state index < -0.39 is 0 Å². The van der Waals surface area contributed by atoms with E-state index in [9.17, 15) is 0 Å². The molecule has 0 N–H and O–H groups in total. The van der Waals surface area contributed by atoms with Gasteiger partial charge >= 0.3 is 0 Å². The van der Waals surface area contributed by atoms with E-state index in [0.29, 0.717) is 18.1 Å². The van der Waals surface area contributed by atoms with Gasteiger partial charge in [-0.15, -0.1) is 0 Å². The Morgan fingerprint density at radius 3 is 3.00 bits per heavy atom. The molecule has 1 rings (SSSR count). The van der Waals surface area contributed by atoms with Crippen LogP contribution in [-0.2, 0) is 0 Å². The Bertz CT molecular complexity index is 330. The highest BCUT2D eigenvalue weighted by molar-refractivity contribution is 5.36. The molecule has 0 saturated heterocycles. The van der Waals surface area contributed by atoms with Crippen molar-refractivity contribution in [3.8, 4) is 11.8 Å². The SMILES string of the molecule is CN(C)CCOc1cccnc1C#N. The maximum Gasteiger partial charge on any atom is 0.182 e. The molecule has 0 fully saturated rings. The zero-order valence-corrected chi connectivity index (χ0v) is 8.40. The van der Waals surface area contributed by atoms with Crippen molar-refractivity contribution in [3.05, 3.63) is 24.0 Å². The summed E-state index contributed by atoms with van der Waals surface area (Å²) in [7, 11) is 3.94. The topological polar surface area (TPSA) is 49.1 Å². The van der Waals surface area contributed by atoms with Gasteiger partial charge in [-0.05, 0) is 26.2 Å². The molecule has 0 aliphatic carbocycles. The summed E-state index contributed by atoms with van der Waals surface area (Å²) in [6, 6.07) is 5.49. The van der Waals surface area contributed by atoms with Crippen molar-refractivity contribution in [1.29, 1.82) is 5.26 Å². The summed E-state index contributed by atoms with van der Waals surface area (Å²) in [4.78, 5) is 5.91. The van der Waals surface area contributed by atoms with Crippen LogP contribution in [0.25, 0.3) is 0 Å². The van der Waals surface area contributed by atoms with Crippen molar-refractivity contribution < 1.29 is 4.74 Å². The summed E-state index contributed by atoms with van der Waals surface area (Å²) >= 11 is 0. The van der Waals surface area contributed by atoms with Crippen LogP contribution in [0.5, 0.6) is 5.75 Å². The highest BCUT2D eigenvalue weighted by Gasteiger charge is 2.02. The monoisotopic (exact) mass is 191 g/mol. The maximum atomic E-state index is 8.72. The summed E-state index contributed by atoms with van der Waals surface area (Å²) in [5.74, 6) is 0.553. The van der Waals surface area contributed by atoms with Crippen LogP contribution in [0.3, 0.4) is 0 Å². The van der Waals surface area contributed by atoms with E-state index in [-0.39, 0.29) is 0 Å². The molecule has 0 aliphatic rings. The number of pyridine rings is 1. The molecular formula is C10H13N3O. The van der Waals surface area contributed by atoms with Gasteiger partial charge in [-0.2, -0.15) is 5.26 Å². The molecule has 0 radical (unpaired) electrons. The minimum absolute atomic E-state index is 0.339. The molecule has 4 heteroatoms. The first-order valence-electron chi connectivity index (χ1n) is 4.36. The summed E-state index contributed by atoms with van der Waals surface area (Å²) in [5, 5.41) is 8.72. The van der Waals surface area contributed by atoms with Crippen LogP contribution in [0, 0.1) is 11.3 Å². The Labute approximate surface area is 83.7 Å². The van der Waals surface area contributed by atoms with E-state index in [1.165, 1.54) is 0 Å². The Balaban J connectivity index is 2.54. The number of hydrogen-bond acceptors (Lipinski definition) is 4. The quantitative estimate of drug-likeness (QED) is 0.709. The lowest BCUT2D eigenvalue weighted by molar-refractivity contribution is 0.260. The van der Waals surface area contributed by atoms with Crippen LogP contribution in [0.15, 0.2) is 18.3 Å². The standard InChI is InChI=1S/C10H13N3O/c1-13(2)6-7-14-10-4-3-5-12-9(10)8-11/h3-5H,6-7H2,1-2H3. The minimum atomic E-state index is 0.339. The Morgan fingerprint density at radius 2 is 2.36 bits per heavy atom. The molecule has 0 atom stereocenters. The average molecular weight is 191 g/mol. The minimum Gasteiger partial charge on any atom is -0.489 e. The molecular weight excluding hydrogens is 178 g/mol. The number of hydrogen-bond donors (Lipinski definition) is 0. The molecule has 0 amide bonds. The van der Waals surface area contributed by atoms with Gasteiger partial charge < -0.3 is 9.64 Å². The third-order valence-electron chi connectivity index (χ3n) is 1.67. The van der Waals surface area contributed by atoms with E-state index in [0.717, 1.165) is 6.54 Å². The van der Waals surface area contributed by atoms with Crippen LogP contribution in [0.2, 0.25) is 0 Å². The number of nitrogens with zero attached hydrogens (tertiary/aromatic N) is 3. The maximum absolute atomic E-state index is 8.72. The first-order chi connectivity index (χ1) is 6.74. The van der Waals surface area contributed by atoms with Crippen LogP contribution < -0.4 is 4.74 Å². The number of ether oxygens (including phenoxy) is 1. The molecule has 4 nitrogen and oxygen atoms in total. The number of rotatable bonds is 4. The molecule has 1 aromatic heterocycles. The molecule has 0 saturated carbocycles. The largest absolute Gasteiger partial charge is 0.489 e. The zero-order valence-electron chi connectivity index (χ0n) is 8.40. The van der Waals surface area contributed by atoms with Gasteiger partial charge in [0.15, 0.2) is 11.4 Å². The summed E-state index contributed by atoms with van der Waals surface area (Å²) < 4.78 is 5.41. The lowest BCUT2D eigenvalue weighted by atomic mass is 10.3. The molecule has 1 heterocycles. The summed E-state index contributed by atoms with van der Waals surface area (Å²) in [6.07, 6.45) is 1.58. The van der Waals surface area contributed by atoms with Crippen LogP contribution in [-0.4, -0.2) is 37.1 Å². The van der Waals surface area contributed by atoms with Crippen molar-refractivity contribution in [2.24, 2.45) is 0 Å². The van der Waals surface area contributed by atoms with E-state index in [1.54, 1.807) is 18.3 Å². The Kier molecular flexibility index (Phi) is 3.89. The molecule has 0 aliphatic heterocycles. The zero-order chi connectivity index (χ0) is 10.4. The predicted octanol–water partition coefficient (Wildman–Crippen LogP) is 0.894. The first kappa shape index (κ1) is 10.5. The van der Waals surface area contributed by atoms with Crippen LogP contribution in [0.1, 0.15) is 5.69 Å². The molecule has 0 bridgehead atoms. The van der Waals surface area contributed by atoms with Gasteiger partial charge in [-0.3, -0.25) is 0 Å². The highest BCUT2D eigenvalue weighted by atomic mass is 16.5. The van der Waals surface area contributed by atoms with Crippen molar-refractivity contribution in [2.45, 2.75) is 0 Å². The Morgan fingerprint density at radius 1 is 1.57 bits per heavy atom. The number of likely N-dealkylation sites (N-methyl/N-ethyl adjacent to an activating group) is 1. The van der Waals surface area contributed by atoms with Gasteiger partial charge in [0.1, 0.15) is 12.7 Å². The van der Waals surface area contributed by atoms with Crippen LogP contribution in [0.4, 0.5) is 0 Å². The van der Waals surface area contributed by atoms with Crippen LogP contribution >= 0.6 is 0 Å². The second kappa shape index (κ2) is 5.20. The Hall–Kier alpha value is -1.60. The second-order valence-electron chi connectivity index (χ2n) is 3.11. The van der Waals surface area contributed by atoms with E-state index in [1.807, 2.05) is 25.1 Å². The van der Waals surface area contributed by atoms with E-state index in [2.05, 4.69) is 4.98 Å². The van der Waals surface area contributed by atoms with Gasteiger partial charge in [0.05, 0.1) is 0 Å². The number of aromatic nitrogens is 1. The first-order valence-corrected chi connectivity index (χ1v) is 4.36. The van der Waals surface area contributed by atoms with Gasteiger partial charge in [0.2, 0.25) is 0 Å². The summed E-state index contributed by atoms with van der Waals surface area (Å²) in [5.41, 5.74) is 0.339. The van der Waals surface area contributed by atoms with Gasteiger partial charge in [-0.1, -0.05) is 0 Å². The molecule has 1 aromatic rings. The fourth-order valence-corrected chi connectivity index (χ4v) is 0.929. The fourth-order valence-electron chi connectivity index (χ4n) is 0.929. The summed E-state index contributed by atoms with van der Waals surface area (Å²) in [6.45, 7) is 1.38. The van der Waals surface area contributed by atoms with Crippen molar-refractivity contribution in [3.63, 3.8) is 0 Å². The molecule has 0 unspecified atom stereocenters. The van der Waals surface area contributed by atoms with E-state index in [4.69, 9.17) is 10.00 Å². The lowest BCUT2D eigenvalue weighted by Crippen LogP contribution is -2.19. The van der Waals surface area contributed by atoms with Crippen molar-refractivity contribution >= 4 is 0 Å². The predicted molar refractivity (Wildman–Crippen MR) is 53.0 cm³/mol. The second-order valence-corrected chi connectivity index (χ2v) is 3.11. The highest BCUT2D eigenvalue weighted by Crippen LogP contribution is 2.13. The van der Waals surface area contributed by atoms with Gasteiger partial charge in [0.25, 0.3) is 0 Å².